The van der Waals surface area contributed by atoms with Gasteiger partial charge in [0.2, 0.25) is 0 Å². The van der Waals surface area contributed by atoms with Crippen LogP contribution in [-0.4, -0.2) is 17.7 Å². The number of carbonyl (C=O) groups excluding carboxylic acids is 1. The van der Waals surface area contributed by atoms with Gasteiger partial charge in [0.25, 0.3) is 0 Å². The lowest BCUT2D eigenvalue weighted by Gasteiger charge is -2.44. The highest BCUT2D eigenvalue weighted by molar-refractivity contribution is 5.75. The van der Waals surface area contributed by atoms with Crippen molar-refractivity contribution in [1.29, 1.82) is 0 Å². The van der Waals surface area contributed by atoms with Gasteiger partial charge in [-0.2, -0.15) is 0 Å². The lowest BCUT2D eigenvalue weighted by atomic mass is 9.77. The monoisotopic (exact) mass is 342 g/mol. The molecule has 0 unspecified atom stereocenters. The van der Waals surface area contributed by atoms with E-state index >= 15 is 0 Å². The van der Waals surface area contributed by atoms with Crippen LogP contribution in [0.15, 0.2) is 24.3 Å². The molecule has 4 nitrogen and oxygen atoms in total. The molecule has 1 aromatic carbocycles. The quantitative estimate of drug-likeness (QED) is 0.807. The second kappa shape index (κ2) is 7.27. The Morgan fingerprint density at radius 1 is 0.960 bits per heavy atom. The minimum absolute atomic E-state index is 0.0143. The number of hydrogen-bond donors (Lipinski definition) is 2. The van der Waals surface area contributed by atoms with Crippen molar-refractivity contribution in [2.45, 2.75) is 88.3 Å². The molecule has 2 amide bonds. The van der Waals surface area contributed by atoms with Crippen molar-refractivity contribution < 1.29 is 9.53 Å². The first-order valence-corrected chi connectivity index (χ1v) is 10.1. The van der Waals surface area contributed by atoms with Crippen molar-refractivity contribution >= 4 is 6.03 Å². The standard InChI is InChI=1S/C21H30N2O2/c24-20(22-16-9-3-1-4-10-16)23-18-15-21(13-7-2-8-14-21)25-19-12-6-5-11-17(18)19/h5-6,11-12,16,18H,1-4,7-10,13-15H2,(H2,22,23,24)/t18-/m0/s1. The second-order valence-corrected chi connectivity index (χ2v) is 8.09. The number of nitrogens with one attached hydrogen (secondary N) is 2. The molecule has 1 aromatic rings. The van der Waals surface area contributed by atoms with E-state index < -0.39 is 0 Å². The molecule has 1 atom stereocenters. The molecule has 0 bridgehead atoms. The minimum atomic E-state index is -0.0879. The molecule has 0 saturated heterocycles. The average Bonchev–Trinajstić information content (AvgIpc) is 2.63. The molecule has 136 valence electrons. The van der Waals surface area contributed by atoms with E-state index in [1.807, 2.05) is 12.1 Å². The summed E-state index contributed by atoms with van der Waals surface area (Å²) in [6.07, 6.45) is 12.8. The van der Waals surface area contributed by atoms with Crippen LogP contribution < -0.4 is 15.4 Å². The van der Waals surface area contributed by atoms with E-state index in [1.165, 1.54) is 38.5 Å². The Labute approximate surface area is 150 Å². The van der Waals surface area contributed by atoms with E-state index in [0.717, 1.165) is 43.4 Å². The molecule has 4 rings (SSSR count). The summed E-state index contributed by atoms with van der Waals surface area (Å²) in [5.41, 5.74) is 1.03. The summed E-state index contributed by atoms with van der Waals surface area (Å²) >= 11 is 0. The van der Waals surface area contributed by atoms with Crippen LogP contribution in [0.25, 0.3) is 0 Å². The Morgan fingerprint density at radius 3 is 2.48 bits per heavy atom. The first-order valence-electron chi connectivity index (χ1n) is 10.1. The van der Waals surface area contributed by atoms with Crippen molar-refractivity contribution in [3.8, 4) is 5.75 Å². The van der Waals surface area contributed by atoms with Gasteiger partial charge in [0, 0.05) is 18.0 Å². The second-order valence-electron chi connectivity index (χ2n) is 8.09. The van der Waals surface area contributed by atoms with E-state index in [0.29, 0.717) is 6.04 Å². The summed E-state index contributed by atoms with van der Waals surface area (Å²) in [6, 6.07) is 8.59. The molecule has 1 aliphatic heterocycles. The minimum Gasteiger partial charge on any atom is -0.487 e. The molecule has 0 aromatic heterocycles. The highest BCUT2D eigenvalue weighted by Crippen LogP contribution is 2.45. The average molecular weight is 342 g/mol. The lowest BCUT2D eigenvalue weighted by Crippen LogP contribution is -2.49. The van der Waals surface area contributed by atoms with Gasteiger partial charge in [-0.1, -0.05) is 43.9 Å². The predicted octanol–water partition coefficient (Wildman–Crippen LogP) is 4.85. The van der Waals surface area contributed by atoms with Crippen LogP contribution in [-0.2, 0) is 0 Å². The first-order chi connectivity index (χ1) is 12.2. The summed E-state index contributed by atoms with van der Waals surface area (Å²) in [4.78, 5) is 12.6. The number of urea groups is 1. The number of amides is 2. The summed E-state index contributed by atoms with van der Waals surface area (Å²) in [5.74, 6) is 0.957. The zero-order valence-electron chi connectivity index (χ0n) is 15.1. The van der Waals surface area contributed by atoms with Gasteiger partial charge >= 0.3 is 6.03 Å². The van der Waals surface area contributed by atoms with E-state index in [9.17, 15) is 4.79 Å². The molecule has 4 heteroatoms. The summed E-state index contributed by atoms with van der Waals surface area (Å²) in [5, 5.41) is 6.46. The highest BCUT2D eigenvalue weighted by Gasteiger charge is 2.42. The Hall–Kier alpha value is -1.71. The fourth-order valence-electron chi connectivity index (χ4n) is 4.88. The number of ether oxygens (including phenoxy) is 1. The third kappa shape index (κ3) is 3.78. The zero-order valence-corrected chi connectivity index (χ0v) is 15.1. The van der Waals surface area contributed by atoms with Crippen molar-refractivity contribution in [2.75, 3.05) is 0 Å². The zero-order chi connectivity index (χ0) is 17.1. The molecule has 2 aliphatic carbocycles. The van der Waals surface area contributed by atoms with Gasteiger partial charge in [-0.3, -0.25) is 0 Å². The third-order valence-corrected chi connectivity index (χ3v) is 6.21. The number of benzene rings is 1. The maximum atomic E-state index is 12.6. The van der Waals surface area contributed by atoms with Crippen molar-refractivity contribution in [2.24, 2.45) is 0 Å². The fourth-order valence-corrected chi connectivity index (χ4v) is 4.88. The molecular formula is C21H30N2O2. The SMILES string of the molecule is O=C(NC1CCCCC1)N[C@H]1CC2(CCCCC2)Oc2ccccc21. The van der Waals surface area contributed by atoms with Crippen molar-refractivity contribution in [1.82, 2.24) is 10.6 Å². The maximum absolute atomic E-state index is 12.6. The van der Waals surface area contributed by atoms with Gasteiger partial charge < -0.3 is 15.4 Å². The number of rotatable bonds is 2. The molecule has 2 fully saturated rings. The van der Waals surface area contributed by atoms with Crippen LogP contribution >= 0.6 is 0 Å². The smallest absolute Gasteiger partial charge is 0.315 e. The van der Waals surface area contributed by atoms with E-state index in [-0.39, 0.29) is 17.7 Å². The third-order valence-electron chi connectivity index (χ3n) is 6.21. The van der Waals surface area contributed by atoms with Gasteiger partial charge in [0.15, 0.2) is 0 Å². The number of para-hydroxylation sites is 1. The summed E-state index contributed by atoms with van der Waals surface area (Å²) < 4.78 is 6.45. The van der Waals surface area contributed by atoms with Gasteiger partial charge in [0.1, 0.15) is 11.4 Å². The largest absolute Gasteiger partial charge is 0.487 e. The van der Waals surface area contributed by atoms with Crippen molar-refractivity contribution in [3.05, 3.63) is 29.8 Å². The maximum Gasteiger partial charge on any atom is 0.315 e. The Morgan fingerprint density at radius 2 is 1.68 bits per heavy atom. The topological polar surface area (TPSA) is 50.4 Å². The highest BCUT2D eigenvalue weighted by atomic mass is 16.5. The molecule has 2 saturated carbocycles. The van der Waals surface area contributed by atoms with Crippen LogP contribution in [0.1, 0.15) is 82.2 Å². The number of carbonyl (C=O) groups is 1. The molecule has 0 radical (unpaired) electrons. The Bertz CT molecular complexity index is 604. The number of fused-ring (bicyclic) bond motifs is 1. The molecule has 3 aliphatic rings. The molecular weight excluding hydrogens is 312 g/mol. The van der Waals surface area contributed by atoms with Crippen LogP contribution in [0.3, 0.4) is 0 Å². The molecule has 1 spiro atoms. The molecule has 2 N–H and O–H groups in total. The van der Waals surface area contributed by atoms with Gasteiger partial charge in [-0.15, -0.1) is 0 Å². The van der Waals surface area contributed by atoms with Gasteiger partial charge in [0.05, 0.1) is 6.04 Å². The van der Waals surface area contributed by atoms with Gasteiger partial charge in [-0.25, -0.2) is 4.79 Å². The van der Waals surface area contributed by atoms with Crippen LogP contribution in [0.4, 0.5) is 4.79 Å². The summed E-state index contributed by atoms with van der Waals surface area (Å²) in [6.45, 7) is 0. The lowest BCUT2D eigenvalue weighted by molar-refractivity contribution is -0.00124. The van der Waals surface area contributed by atoms with E-state index in [4.69, 9.17) is 4.74 Å². The van der Waals surface area contributed by atoms with Crippen molar-refractivity contribution in [3.63, 3.8) is 0 Å². The fraction of sp³-hybridized carbons (Fsp3) is 0.667. The van der Waals surface area contributed by atoms with Crippen LogP contribution in [0, 0.1) is 0 Å². The molecule has 25 heavy (non-hydrogen) atoms. The summed E-state index contributed by atoms with van der Waals surface area (Å²) in [7, 11) is 0. The number of hydrogen-bond acceptors (Lipinski definition) is 2. The van der Waals surface area contributed by atoms with Crippen LogP contribution in [0.5, 0.6) is 5.75 Å². The normalized spacial score (nSPS) is 25.7. The van der Waals surface area contributed by atoms with E-state index in [1.54, 1.807) is 0 Å². The van der Waals surface area contributed by atoms with Crippen LogP contribution in [0.2, 0.25) is 0 Å². The molecule has 1 heterocycles. The Kier molecular flexibility index (Phi) is 4.87. The van der Waals surface area contributed by atoms with E-state index in [2.05, 4.69) is 22.8 Å². The first kappa shape index (κ1) is 16.7. The predicted molar refractivity (Wildman–Crippen MR) is 98.8 cm³/mol. The Balaban J connectivity index is 1.47. The van der Waals surface area contributed by atoms with Gasteiger partial charge in [-0.05, 0) is 44.6 Å².